The molecule has 0 bridgehead atoms. The fourth-order valence-corrected chi connectivity index (χ4v) is 4.40. The van der Waals surface area contributed by atoms with E-state index in [2.05, 4.69) is 4.72 Å². The number of nitrogens with one attached hydrogen (secondary N) is 1. The minimum absolute atomic E-state index is 0.294. The highest BCUT2D eigenvalue weighted by Gasteiger charge is 2.18. The van der Waals surface area contributed by atoms with Crippen LogP contribution in [-0.4, -0.2) is 14.5 Å². The van der Waals surface area contributed by atoms with Gasteiger partial charge in [-0.3, -0.25) is 4.72 Å². The van der Waals surface area contributed by atoms with Gasteiger partial charge in [-0.15, -0.1) is 0 Å². The minimum atomic E-state index is -3.59. The van der Waals surface area contributed by atoms with E-state index in [1.165, 1.54) is 12.8 Å². The molecule has 1 aliphatic rings. The van der Waals surface area contributed by atoms with Gasteiger partial charge in [0.15, 0.2) is 0 Å². The average molecular weight is 345 g/mol. The first kappa shape index (κ1) is 16.8. The summed E-state index contributed by atoms with van der Waals surface area (Å²) in [5.74, 6) is 0.789. The van der Waals surface area contributed by atoms with Crippen molar-refractivity contribution in [1.82, 2.24) is 0 Å². The molecule has 0 heterocycles. The molecule has 0 radical (unpaired) electrons. The number of hydrogen-bond donors (Lipinski definition) is 1. The lowest BCUT2D eigenvalue weighted by Gasteiger charge is -2.14. The molecule has 1 aliphatic carbocycles. The fraction of sp³-hybridized carbons (Fsp3) is 0.368. The van der Waals surface area contributed by atoms with E-state index in [0.717, 1.165) is 29.7 Å². The standard InChI is InChI=1S/C19H23NO3S/c1-14-7-8-15(2)19(13-14)24(21,22)20-16-9-11-18(12-10-16)23-17-5-3-4-6-17/h7-13,17,20H,3-6H2,1-2H3. The summed E-state index contributed by atoms with van der Waals surface area (Å²) in [7, 11) is -3.59. The third-order valence-electron chi connectivity index (χ3n) is 4.34. The van der Waals surface area contributed by atoms with Crippen molar-refractivity contribution in [2.75, 3.05) is 4.72 Å². The van der Waals surface area contributed by atoms with Gasteiger partial charge in [-0.25, -0.2) is 8.42 Å². The number of anilines is 1. The van der Waals surface area contributed by atoms with Crippen LogP contribution in [0.4, 0.5) is 5.69 Å². The first-order chi connectivity index (χ1) is 11.4. The maximum absolute atomic E-state index is 12.6. The molecule has 128 valence electrons. The number of hydrogen-bond acceptors (Lipinski definition) is 3. The van der Waals surface area contributed by atoms with Gasteiger partial charge >= 0.3 is 0 Å². The Balaban J connectivity index is 1.73. The average Bonchev–Trinajstić information content (AvgIpc) is 3.04. The molecule has 0 atom stereocenters. The topological polar surface area (TPSA) is 55.4 Å². The van der Waals surface area contributed by atoms with Crippen LogP contribution in [0.5, 0.6) is 5.75 Å². The van der Waals surface area contributed by atoms with Crippen LogP contribution in [0.2, 0.25) is 0 Å². The van der Waals surface area contributed by atoms with E-state index < -0.39 is 10.0 Å². The molecule has 2 aromatic rings. The molecule has 0 amide bonds. The quantitative estimate of drug-likeness (QED) is 0.872. The van der Waals surface area contributed by atoms with E-state index >= 15 is 0 Å². The van der Waals surface area contributed by atoms with Crippen molar-refractivity contribution in [1.29, 1.82) is 0 Å². The van der Waals surface area contributed by atoms with Crippen molar-refractivity contribution >= 4 is 15.7 Å². The molecule has 0 spiro atoms. The summed E-state index contributed by atoms with van der Waals surface area (Å²) in [6, 6.07) is 12.5. The molecule has 1 fully saturated rings. The van der Waals surface area contributed by atoms with Crippen LogP contribution in [-0.2, 0) is 10.0 Å². The van der Waals surface area contributed by atoms with E-state index in [1.54, 1.807) is 25.1 Å². The Morgan fingerprint density at radius 3 is 2.33 bits per heavy atom. The Morgan fingerprint density at radius 1 is 1.00 bits per heavy atom. The zero-order valence-corrected chi connectivity index (χ0v) is 14.9. The molecule has 3 rings (SSSR count). The van der Waals surface area contributed by atoms with Gasteiger partial charge in [0.05, 0.1) is 11.0 Å². The van der Waals surface area contributed by atoms with Gasteiger partial charge in [0.1, 0.15) is 5.75 Å². The Bertz CT molecular complexity index is 807. The Labute approximate surface area is 143 Å². The van der Waals surface area contributed by atoms with Gasteiger partial charge < -0.3 is 4.74 Å². The largest absolute Gasteiger partial charge is 0.490 e. The van der Waals surface area contributed by atoms with Crippen LogP contribution in [0.3, 0.4) is 0 Å². The van der Waals surface area contributed by atoms with E-state index in [1.807, 2.05) is 31.2 Å². The SMILES string of the molecule is Cc1ccc(C)c(S(=O)(=O)Nc2ccc(OC3CCCC3)cc2)c1. The van der Waals surface area contributed by atoms with Crippen molar-refractivity contribution in [2.24, 2.45) is 0 Å². The highest BCUT2D eigenvalue weighted by atomic mass is 32.2. The molecule has 4 nitrogen and oxygen atoms in total. The summed E-state index contributed by atoms with van der Waals surface area (Å²) in [5, 5.41) is 0. The number of aryl methyl sites for hydroxylation is 2. The number of rotatable bonds is 5. The van der Waals surface area contributed by atoms with Crippen molar-refractivity contribution in [3.05, 3.63) is 53.6 Å². The second-order valence-electron chi connectivity index (χ2n) is 6.42. The lowest BCUT2D eigenvalue weighted by Crippen LogP contribution is -2.14. The Morgan fingerprint density at radius 2 is 1.67 bits per heavy atom. The molecule has 0 aliphatic heterocycles. The maximum Gasteiger partial charge on any atom is 0.262 e. The highest BCUT2D eigenvalue weighted by Crippen LogP contribution is 2.26. The Hall–Kier alpha value is -2.01. The second kappa shape index (κ2) is 6.85. The summed E-state index contributed by atoms with van der Waals surface area (Å²) in [5.41, 5.74) is 2.19. The zero-order chi connectivity index (χ0) is 17.2. The van der Waals surface area contributed by atoms with Crippen LogP contribution < -0.4 is 9.46 Å². The summed E-state index contributed by atoms with van der Waals surface area (Å²) < 4.78 is 33.7. The van der Waals surface area contributed by atoms with Crippen LogP contribution in [0.1, 0.15) is 36.8 Å². The summed E-state index contributed by atoms with van der Waals surface area (Å²) in [6.07, 6.45) is 4.93. The zero-order valence-electron chi connectivity index (χ0n) is 14.1. The summed E-state index contributed by atoms with van der Waals surface area (Å²) in [6.45, 7) is 3.68. The van der Waals surface area contributed by atoms with Gasteiger partial charge in [-0.05, 0) is 81.0 Å². The molecular weight excluding hydrogens is 322 g/mol. The monoisotopic (exact) mass is 345 g/mol. The number of ether oxygens (including phenoxy) is 1. The minimum Gasteiger partial charge on any atom is -0.490 e. The first-order valence-electron chi connectivity index (χ1n) is 8.31. The molecule has 0 saturated heterocycles. The van der Waals surface area contributed by atoms with Crippen molar-refractivity contribution in [3.8, 4) is 5.75 Å². The lowest BCUT2D eigenvalue weighted by molar-refractivity contribution is 0.210. The van der Waals surface area contributed by atoms with E-state index in [0.29, 0.717) is 16.7 Å². The lowest BCUT2D eigenvalue weighted by atomic mass is 10.2. The smallest absolute Gasteiger partial charge is 0.262 e. The number of benzene rings is 2. The van der Waals surface area contributed by atoms with Crippen LogP contribution in [0.25, 0.3) is 0 Å². The molecule has 2 aromatic carbocycles. The first-order valence-corrected chi connectivity index (χ1v) is 9.79. The molecule has 5 heteroatoms. The van der Waals surface area contributed by atoms with Crippen molar-refractivity contribution in [3.63, 3.8) is 0 Å². The van der Waals surface area contributed by atoms with Gasteiger partial charge in [-0.2, -0.15) is 0 Å². The molecule has 1 N–H and O–H groups in total. The van der Waals surface area contributed by atoms with Gasteiger partial charge in [-0.1, -0.05) is 12.1 Å². The third kappa shape index (κ3) is 3.90. The van der Waals surface area contributed by atoms with E-state index in [9.17, 15) is 8.42 Å². The van der Waals surface area contributed by atoms with Gasteiger partial charge in [0.2, 0.25) is 0 Å². The molecule has 0 aromatic heterocycles. The molecular formula is C19H23NO3S. The summed E-state index contributed by atoms with van der Waals surface area (Å²) >= 11 is 0. The highest BCUT2D eigenvalue weighted by molar-refractivity contribution is 7.92. The Kier molecular flexibility index (Phi) is 4.81. The second-order valence-corrected chi connectivity index (χ2v) is 8.07. The predicted octanol–water partition coefficient (Wildman–Crippen LogP) is 4.43. The fourth-order valence-electron chi connectivity index (χ4n) is 3.01. The van der Waals surface area contributed by atoms with E-state index in [-0.39, 0.29) is 0 Å². The summed E-state index contributed by atoms with van der Waals surface area (Å²) in [4.78, 5) is 0.314. The van der Waals surface area contributed by atoms with Crippen molar-refractivity contribution in [2.45, 2.75) is 50.5 Å². The molecule has 1 saturated carbocycles. The molecule has 24 heavy (non-hydrogen) atoms. The van der Waals surface area contributed by atoms with Gasteiger partial charge in [0.25, 0.3) is 10.0 Å². The van der Waals surface area contributed by atoms with Crippen LogP contribution in [0.15, 0.2) is 47.4 Å². The normalized spacial score (nSPS) is 15.4. The third-order valence-corrected chi connectivity index (χ3v) is 5.87. The van der Waals surface area contributed by atoms with Crippen LogP contribution >= 0.6 is 0 Å². The van der Waals surface area contributed by atoms with Gasteiger partial charge in [0, 0.05) is 5.69 Å². The van der Waals surface area contributed by atoms with Crippen molar-refractivity contribution < 1.29 is 13.2 Å². The maximum atomic E-state index is 12.6. The molecule has 0 unspecified atom stereocenters. The van der Waals surface area contributed by atoms with Crippen LogP contribution in [0, 0.1) is 13.8 Å². The predicted molar refractivity (Wildman–Crippen MR) is 96.1 cm³/mol. The number of sulfonamides is 1. The van der Waals surface area contributed by atoms with E-state index in [4.69, 9.17) is 4.74 Å².